The molecule has 1 aromatic rings. The van der Waals surface area contributed by atoms with Crippen molar-refractivity contribution < 1.29 is 14.6 Å². The highest BCUT2D eigenvalue weighted by Crippen LogP contribution is 2.52. The lowest BCUT2D eigenvalue weighted by atomic mass is 9.75. The molecule has 2 unspecified atom stereocenters. The molecule has 1 N–H and O–H groups in total. The Morgan fingerprint density at radius 3 is 3.05 bits per heavy atom. The largest absolute Gasteiger partial charge is 0.506 e. The van der Waals surface area contributed by atoms with E-state index in [0.717, 1.165) is 17.6 Å². The number of phenolic OH excluding ortho intramolecular Hbond substituents is 1. The van der Waals surface area contributed by atoms with Gasteiger partial charge < -0.3 is 9.84 Å². The molecule has 1 aliphatic carbocycles. The van der Waals surface area contributed by atoms with E-state index in [0.29, 0.717) is 24.5 Å². The first-order valence-electron chi connectivity index (χ1n) is 6.32. The summed E-state index contributed by atoms with van der Waals surface area (Å²) in [6, 6.07) is 5.13. The van der Waals surface area contributed by atoms with Crippen LogP contribution >= 0.6 is 11.6 Å². The van der Waals surface area contributed by atoms with Crippen LogP contribution in [0.4, 0.5) is 0 Å². The van der Waals surface area contributed by atoms with Gasteiger partial charge in [-0.2, -0.15) is 0 Å². The van der Waals surface area contributed by atoms with Crippen LogP contribution in [0.3, 0.4) is 0 Å². The first-order chi connectivity index (χ1) is 9.01. The van der Waals surface area contributed by atoms with Crippen LogP contribution in [0.2, 0.25) is 5.02 Å². The molecular formula is C15H15ClO3. The number of hydrogen-bond donors (Lipinski definition) is 1. The molecule has 100 valence electrons. The zero-order chi connectivity index (χ0) is 13.6. The van der Waals surface area contributed by atoms with E-state index in [1.54, 1.807) is 12.1 Å². The second-order valence-electron chi connectivity index (χ2n) is 5.54. The number of fused-ring (bicyclic) bond motifs is 1. The van der Waals surface area contributed by atoms with Gasteiger partial charge in [0.25, 0.3) is 0 Å². The number of allylic oxidation sites excluding steroid dienone is 1. The lowest BCUT2D eigenvalue weighted by Crippen LogP contribution is -2.31. The first-order valence-corrected chi connectivity index (χ1v) is 6.70. The first kappa shape index (κ1) is 12.5. The van der Waals surface area contributed by atoms with E-state index in [2.05, 4.69) is 6.58 Å². The second-order valence-corrected chi connectivity index (χ2v) is 5.95. The number of aromatic hydroxyl groups is 1. The highest BCUT2D eigenvalue weighted by Gasteiger charge is 2.55. The molecular weight excluding hydrogens is 264 g/mol. The normalized spacial score (nSPS) is 29.4. The van der Waals surface area contributed by atoms with Gasteiger partial charge >= 0.3 is 5.97 Å². The van der Waals surface area contributed by atoms with Gasteiger partial charge in [-0.3, -0.25) is 4.79 Å². The van der Waals surface area contributed by atoms with Gasteiger partial charge in [0.15, 0.2) is 0 Å². The van der Waals surface area contributed by atoms with E-state index in [9.17, 15) is 9.90 Å². The minimum atomic E-state index is -0.489. The summed E-state index contributed by atoms with van der Waals surface area (Å²) >= 11 is 5.80. The molecule has 2 aliphatic rings. The third kappa shape index (κ3) is 1.93. The molecule has 3 rings (SSSR count). The molecule has 3 nitrogen and oxygen atoms in total. The molecule has 0 radical (unpaired) electrons. The molecule has 4 heteroatoms. The Kier molecular flexibility index (Phi) is 2.82. The van der Waals surface area contributed by atoms with Crippen LogP contribution in [-0.2, 0) is 16.0 Å². The minimum absolute atomic E-state index is 0.0512. The second kappa shape index (κ2) is 4.27. The van der Waals surface area contributed by atoms with Crippen molar-refractivity contribution in [3.63, 3.8) is 0 Å². The van der Waals surface area contributed by atoms with Crippen molar-refractivity contribution in [2.75, 3.05) is 6.61 Å². The summed E-state index contributed by atoms with van der Waals surface area (Å²) < 4.78 is 5.23. The molecule has 2 atom stereocenters. The third-order valence-corrected chi connectivity index (χ3v) is 4.55. The Hall–Kier alpha value is -1.48. The number of esters is 1. The summed E-state index contributed by atoms with van der Waals surface area (Å²) in [6.45, 7) is 4.49. The van der Waals surface area contributed by atoms with E-state index in [-0.39, 0.29) is 17.6 Å². The summed E-state index contributed by atoms with van der Waals surface area (Å²) in [5.41, 5.74) is 1.53. The van der Waals surface area contributed by atoms with E-state index >= 15 is 0 Å². The molecule has 0 spiro atoms. The molecule has 1 aliphatic heterocycles. The van der Waals surface area contributed by atoms with Crippen LogP contribution in [0.25, 0.3) is 0 Å². The van der Waals surface area contributed by atoms with E-state index < -0.39 is 5.41 Å². The predicted octanol–water partition coefficient (Wildman–Crippen LogP) is 3.10. The van der Waals surface area contributed by atoms with Crippen molar-refractivity contribution in [2.24, 2.45) is 11.3 Å². The maximum absolute atomic E-state index is 12.1. The fourth-order valence-corrected chi connectivity index (χ4v) is 3.41. The van der Waals surface area contributed by atoms with Crippen LogP contribution in [-0.4, -0.2) is 17.7 Å². The lowest BCUT2D eigenvalue weighted by molar-refractivity contribution is -0.146. The van der Waals surface area contributed by atoms with Crippen molar-refractivity contribution >= 4 is 17.6 Å². The van der Waals surface area contributed by atoms with Gasteiger partial charge in [0, 0.05) is 5.92 Å². The summed E-state index contributed by atoms with van der Waals surface area (Å²) in [4.78, 5) is 12.1. The minimum Gasteiger partial charge on any atom is -0.506 e. The van der Waals surface area contributed by atoms with Crippen LogP contribution < -0.4 is 0 Å². The highest BCUT2D eigenvalue weighted by atomic mass is 35.5. The Balaban J connectivity index is 1.93. The van der Waals surface area contributed by atoms with Crippen LogP contribution in [0.5, 0.6) is 5.75 Å². The fourth-order valence-electron chi connectivity index (χ4n) is 3.30. The zero-order valence-electron chi connectivity index (χ0n) is 10.5. The van der Waals surface area contributed by atoms with Gasteiger partial charge in [-0.05, 0) is 37.0 Å². The van der Waals surface area contributed by atoms with Crippen molar-refractivity contribution in [3.05, 3.63) is 40.9 Å². The monoisotopic (exact) mass is 278 g/mol. The van der Waals surface area contributed by atoms with Crippen molar-refractivity contribution in [2.45, 2.75) is 19.3 Å². The molecule has 1 saturated carbocycles. The quantitative estimate of drug-likeness (QED) is 0.668. The van der Waals surface area contributed by atoms with E-state index in [4.69, 9.17) is 16.3 Å². The van der Waals surface area contributed by atoms with Crippen LogP contribution in [0.1, 0.15) is 18.4 Å². The van der Waals surface area contributed by atoms with Crippen molar-refractivity contribution in [1.29, 1.82) is 0 Å². The number of ether oxygens (including phenoxy) is 1. The molecule has 0 bridgehead atoms. The van der Waals surface area contributed by atoms with E-state index in [1.165, 1.54) is 0 Å². The number of carbonyl (C=O) groups is 1. The molecule has 19 heavy (non-hydrogen) atoms. The number of phenols is 1. The highest BCUT2D eigenvalue weighted by molar-refractivity contribution is 6.32. The van der Waals surface area contributed by atoms with Crippen molar-refractivity contribution in [3.8, 4) is 5.75 Å². The molecule has 0 aromatic heterocycles. The Labute approximate surface area is 116 Å². The zero-order valence-corrected chi connectivity index (χ0v) is 11.2. The molecule has 2 fully saturated rings. The maximum atomic E-state index is 12.1. The molecule has 0 amide bonds. The average Bonchev–Trinajstić information content (AvgIpc) is 2.81. The Bertz CT molecular complexity index is 567. The van der Waals surface area contributed by atoms with Gasteiger partial charge in [-0.1, -0.05) is 29.8 Å². The lowest BCUT2D eigenvalue weighted by Gasteiger charge is -2.24. The Morgan fingerprint density at radius 1 is 1.53 bits per heavy atom. The molecule has 1 heterocycles. The number of carbonyl (C=O) groups excluding carboxylic acids is 1. The van der Waals surface area contributed by atoms with Crippen LogP contribution in [0.15, 0.2) is 30.4 Å². The Morgan fingerprint density at radius 2 is 2.32 bits per heavy atom. The van der Waals surface area contributed by atoms with Crippen molar-refractivity contribution in [1.82, 2.24) is 0 Å². The summed E-state index contributed by atoms with van der Waals surface area (Å²) in [6.07, 6.45) is 2.10. The van der Waals surface area contributed by atoms with Gasteiger partial charge in [0.2, 0.25) is 0 Å². The number of rotatable bonds is 2. The number of benzene rings is 1. The number of cyclic esters (lactones) is 1. The average molecular weight is 279 g/mol. The molecule has 1 saturated heterocycles. The summed E-state index contributed by atoms with van der Waals surface area (Å²) in [5, 5.41) is 9.99. The SMILES string of the molecule is C=C1CC2COC(=O)C2(Cc2ccc(Cl)c(O)c2)C1. The van der Waals surface area contributed by atoms with Gasteiger partial charge in [-0.15, -0.1) is 0 Å². The molecule has 1 aromatic carbocycles. The summed E-state index contributed by atoms with van der Waals surface area (Å²) in [5.74, 6) is 0.131. The fraction of sp³-hybridized carbons (Fsp3) is 0.400. The number of hydrogen-bond acceptors (Lipinski definition) is 3. The van der Waals surface area contributed by atoms with Gasteiger partial charge in [0.05, 0.1) is 17.0 Å². The topological polar surface area (TPSA) is 46.5 Å². The third-order valence-electron chi connectivity index (χ3n) is 4.23. The summed E-state index contributed by atoms with van der Waals surface area (Å²) in [7, 11) is 0. The van der Waals surface area contributed by atoms with Crippen LogP contribution in [0, 0.1) is 11.3 Å². The smallest absolute Gasteiger partial charge is 0.313 e. The van der Waals surface area contributed by atoms with Gasteiger partial charge in [-0.25, -0.2) is 0 Å². The van der Waals surface area contributed by atoms with Gasteiger partial charge in [0.1, 0.15) is 5.75 Å². The number of halogens is 1. The predicted molar refractivity (Wildman–Crippen MR) is 72.1 cm³/mol. The van der Waals surface area contributed by atoms with E-state index in [1.807, 2.05) is 6.07 Å². The standard InChI is InChI=1S/C15H15ClO3/c1-9-4-11-8-19-14(18)15(11,6-9)7-10-2-3-12(16)13(17)5-10/h2-3,5,11,17H,1,4,6-8H2. The maximum Gasteiger partial charge on any atom is 0.313 e.